The number of likely N-dealkylation sites (tertiary alicyclic amines) is 1. The van der Waals surface area contributed by atoms with Gasteiger partial charge in [0.1, 0.15) is 41.3 Å². The number of hydrogen-bond acceptors (Lipinski definition) is 9. The molecule has 0 spiro atoms. The molecule has 4 amide bonds. The number of benzene rings is 2. The van der Waals surface area contributed by atoms with Gasteiger partial charge >= 0.3 is 12.2 Å². The third-order valence-corrected chi connectivity index (χ3v) is 13.0. The SMILES string of the molecule is COC(=O)N[C@H](C(=O)N1CC(C)=C[C@H]1c1ncc(-c2ccc3c(c2)Oc2ccc(-c4cnc([C@@H]5[C@@H]6CC[C@@H](C6)N5C(=O)[C@@H](NC(=O)OC)C(C)C)[nH]4)cc2C3(C)C)[nH]1)C(C)C. The van der Waals surface area contributed by atoms with Crippen molar-refractivity contribution < 1.29 is 33.4 Å². The number of alkyl carbamates (subject to hydrolysis) is 2. The summed E-state index contributed by atoms with van der Waals surface area (Å²) in [5.41, 5.74) is 6.15. The summed E-state index contributed by atoms with van der Waals surface area (Å²) < 4.78 is 16.2. The van der Waals surface area contributed by atoms with Gasteiger partial charge in [0, 0.05) is 40.3 Å². The maximum absolute atomic E-state index is 14.1. The van der Waals surface area contributed by atoms with Crippen LogP contribution in [0.15, 0.2) is 60.4 Å². The van der Waals surface area contributed by atoms with E-state index in [-0.39, 0.29) is 41.7 Å². The lowest BCUT2D eigenvalue weighted by Gasteiger charge is -2.37. The second-order valence-corrected chi connectivity index (χ2v) is 18.1. The zero-order valence-electron chi connectivity index (χ0n) is 36.3. The number of H-pyrrole nitrogens is 2. The van der Waals surface area contributed by atoms with Gasteiger partial charge in [0.05, 0.1) is 44.0 Å². The minimum absolute atomic E-state index is 0.102. The van der Waals surface area contributed by atoms with Gasteiger partial charge in [0.15, 0.2) is 0 Å². The first-order valence-corrected chi connectivity index (χ1v) is 21.2. The second kappa shape index (κ2) is 16.1. The standard InChI is InChI=1S/C46H56N8O7/c1-23(2)37(51-44(57)59-8)42(55)53-22-25(5)16-34(53)40-47-20-33(49-40)27-11-14-30-36(19-27)61-35-15-12-26(18-31(35)46(30,6)7)32-21-48-41(50-32)39-28-10-13-29(17-28)54(39)43(56)38(24(3)4)52-45(58)60-9/h11-12,14-16,18-21,23-24,28-29,34,37-39H,10,13,17,22H2,1-9H3,(H,47,49)(H,48,50)(H,51,57)(H,52,58)/t28-,29+,34+,37+,38+,39+/m1/s1. The first-order chi connectivity index (χ1) is 29.1. The van der Waals surface area contributed by atoms with E-state index in [4.69, 9.17) is 24.2 Å². The largest absolute Gasteiger partial charge is 0.457 e. The number of fused-ring (bicyclic) bond motifs is 4. The highest BCUT2D eigenvalue weighted by atomic mass is 16.5. The van der Waals surface area contributed by atoms with Crippen LogP contribution in [0.3, 0.4) is 0 Å². The van der Waals surface area contributed by atoms with Crippen LogP contribution in [-0.4, -0.2) is 92.6 Å². The van der Waals surface area contributed by atoms with E-state index < -0.39 is 35.7 Å². The molecule has 0 unspecified atom stereocenters. The molecule has 2 bridgehead atoms. The van der Waals surface area contributed by atoms with Gasteiger partial charge in [-0.1, -0.05) is 65.3 Å². The number of aromatic amines is 2. The molecule has 15 heteroatoms. The molecule has 2 fully saturated rings. The zero-order valence-corrected chi connectivity index (χ0v) is 36.3. The first-order valence-electron chi connectivity index (χ1n) is 21.2. The van der Waals surface area contributed by atoms with Crippen LogP contribution in [0.25, 0.3) is 22.5 Å². The van der Waals surface area contributed by atoms with Crippen molar-refractivity contribution in [2.24, 2.45) is 17.8 Å². The smallest absolute Gasteiger partial charge is 0.407 e. The van der Waals surface area contributed by atoms with E-state index in [9.17, 15) is 19.2 Å². The number of amides is 4. The second-order valence-electron chi connectivity index (χ2n) is 18.1. The fraction of sp³-hybridized carbons (Fsp3) is 0.478. The van der Waals surface area contributed by atoms with Crippen molar-refractivity contribution in [2.75, 3.05) is 20.8 Å². The molecule has 4 aliphatic rings. The summed E-state index contributed by atoms with van der Waals surface area (Å²) in [5.74, 6) is 2.56. The number of rotatable bonds is 10. The third kappa shape index (κ3) is 7.52. The lowest BCUT2D eigenvalue weighted by Crippen LogP contribution is -2.54. The van der Waals surface area contributed by atoms with Crippen molar-refractivity contribution in [2.45, 2.75) is 103 Å². The molecule has 3 aliphatic heterocycles. The number of methoxy groups -OCH3 is 2. The van der Waals surface area contributed by atoms with E-state index in [0.717, 1.165) is 75.8 Å². The van der Waals surface area contributed by atoms with Crippen LogP contribution >= 0.6 is 0 Å². The Balaban J connectivity index is 1.01. The van der Waals surface area contributed by atoms with E-state index in [1.165, 1.54) is 14.2 Å². The molecule has 1 aliphatic carbocycles. The van der Waals surface area contributed by atoms with Gasteiger partial charge in [-0.15, -0.1) is 0 Å². The van der Waals surface area contributed by atoms with Crippen molar-refractivity contribution in [3.8, 4) is 34.0 Å². The fourth-order valence-electron chi connectivity index (χ4n) is 9.71. The summed E-state index contributed by atoms with van der Waals surface area (Å²) in [6.07, 6.45) is 7.23. The van der Waals surface area contributed by atoms with E-state index in [1.807, 2.05) is 70.0 Å². The highest BCUT2D eigenvalue weighted by Gasteiger charge is 2.51. The molecule has 322 valence electrons. The summed E-state index contributed by atoms with van der Waals surface area (Å²) in [6, 6.07) is 10.3. The number of aromatic nitrogens is 4. The Bertz CT molecular complexity index is 2400. The van der Waals surface area contributed by atoms with Crippen molar-refractivity contribution >= 4 is 24.0 Å². The maximum Gasteiger partial charge on any atom is 0.407 e. The molecule has 15 nitrogen and oxygen atoms in total. The topological polar surface area (TPSA) is 184 Å². The van der Waals surface area contributed by atoms with Gasteiger partial charge in [-0.25, -0.2) is 19.6 Å². The van der Waals surface area contributed by atoms with Crippen LogP contribution in [0.5, 0.6) is 11.5 Å². The van der Waals surface area contributed by atoms with Gasteiger partial charge in [-0.05, 0) is 68.2 Å². The number of carbonyl (C=O) groups is 4. The van der Waals surface area contributed by atoms with E-state index in [2.05, 4.69) is 52.6 Å². The molecule has 6 atom stereocenters. The Morgan fingerprint density at radius 1 is 0.803 bits per heavy atom. The van der Waals surface area contributed by atoms with Gasteiger partial charge in [-0.2, -0.15) is 0 Å². The quantitative estimate of drug-likeness (QED) is 0.117. The molecule has 4 N–H and O–H groups in total. The molecule has 0 radical (unpaired) electrons. The van der Waals surface area contributed by atoms with Gasteiger partial charge in [0.2, 0.25) is 11.8 Å². The molecule has 4 aromatic rings. The zero-order chi connectivity index (χ0) is 43.5. The predicted molar refractivity (Wildman–Crippen MR) is 228 cm³/mol. The van der Waals surface area contributed by atoms with Crippen molar-refractivity contribution in [1.29, 1.82) is 0 Å². The van der Waals surface area contributed by atoms with Crippen LogP contribution in [0.1, 0.15) is 103 Å². The Kier molecular flexibility index (Phi) is 10.9. The summed E-state index contributed by atoms with van der Waals surface area (Å²) in [7, 11) is 2.58. The molecular formula is C46H56N8O7. The molecule has 2 aromatic heterocycles. The lowest BCUT2D eigenvalue weighted by molar-refractivity contribution is -0.139. The van der Waals surface area contributed by atoms with Crippen LogP contribution in [-0.2, 0) is 24.5 Å². The third-order valence-electron chi connectivity index (χ3n) is 13.0. The Labute approximate surface area is 356 Å². The van der Waals surface area contributed by atoms with Crippen LogP contribution in [0.2, 0.25) is 0 Å². The summed E-state index contributed by atoms with van der Waals surface area (Å²) in [6.45, 7) is 14.4. The number of imidazole rings is 2. The summed E-state index contributed by atoms with van der Waals surface area (Å²) >= 11 is 0. The monoisotopic (exact) mass is 832 g/mol. The van der Waals surface area contributed by atoms with Crippen molar-refractivity contribution in [3.05, 3.63) is 83.2 Å². The molecule has 5 heterocycles. The molecule has 1 saturated heterocycles. The lowest BCUT2D eigenvalue weighted by atomic mass is 9.75. The van der Waals surface area contributed by atoms with E-state index in [1.54, 1.807) is 11.1 Å². The first kappa shape index (κ1) is 41.6. The average molecular weight is 833 g/mol. The normalized spacial score (nSPS) is 22.0. The maximum atomic E-state index is 14.1. The van der Waals surface area contributed by atoms with E-state index in [0.29, 0.717) is 12.4 Å². The molecule has 2 aromatic carbocycles. The number of hydrogen-bond donors (Lipinski definition) is 4. The van der Waals surface area contributed by atoms with E-state index >= 15 is 0 Å². The molecule has 8 rings (SSSR count). The molecule has 1 saturated carbocycles. The minimum Gasteiger partial charge on any atom is -0.457 e. The summed E-state index contributed by atoms with van der Waals surface area (Å²) in [5, 5.41) is 5.46. The number of piperidine rings is 1. The Morgan fingerprint density at radius 3 is 2.07 bits per heavy atom. The highest BCUT2D eigenvalue weighted by molar-refractivity contribution is 5.88. The molecular weight excluding hydrogens is 777 g/mol. The average Bonchev–Trinajstić information content (AvgIpc) is 4.10. The number of nitrogens with one attached hydrogen (secondary N) is 4. The summed E-state index contributed by atoms with van der Waals surface area (Å²) in [4.78, 5) is 72.4. The number of ether oxygens (including phenoxy) is 3. The number of nitrogens with zero attached hydrogens (tertiary/aromatic N) is 4. The predicted octanol–water partition coefficient (Wildman–Crippen LogP) is 7.54. The van der Waals surface area contributed by atoms with Crippen molar-refractivity contribution in [3.63, 3.8) is 0 Å². The fourth-order valence-corrected chi connectivity index (χ4v) is 9.71. The Hall–Kier alpha value is -6.12. The van der Waals surface area contributed by atoms with Crippen molar-refractivity contribution in [1.82, 2.24) is 40.4 Å². The molecule has 61 heavy (non-hydrogen) atoms. The van der Waals surface area contributed by atoms with Gasteiger partial charge < -0.3 is 44.6 Å². The van der Waals surface area contributed by atoms with Crippen LogP contribution in [0.4, 0.5) is 9.59 Å². The van der Waals surface area contributed by atoms with Crippen LogP contribution in [0, 0.1) is 17.8 Å². The van der Waals surface area contributed by atoms with Crippen LogP contribution < -0.4 is 15.4 Å². The highest BCUT2D eigenvalue weighted by Crippen LogP contribution is 2.52. The van der Waals surface area contributed by atoms with Gasteiger partial charge in [-0.3, -0.25) is 9.59 Å². The minimum atomic E-state index is -0.752. The van der Waals surface area contributed by atoms with Gasteiger partial charge in [0.25, 0.3) is 0 Å². The number of carbonyl (C=O) groups excluding carboxylic acids is 4. The Morgan fingerprint density at radius 2 is 1.41 bits per heavy atom.